The quantitative estimate of drug-likeness (QED) is 0.174. The van der Waals surface area contributed by atoms with Crippen LogP contribution in [0, 0.1) is 10.1 Å². The summed E-state index contributed by atoms with van der Waals surface area (Å²) in [6.45, 7) is 2.79. The van der Waals surface area contributed by atoms with Crippen molar-refractivity contribution in [1.82, 2.24) is 14.7 Å². The fraction of sp³-hybridized carbons (Fsp3) is 0.240. The predicted molar refractivity (Wildman–Crippen MR) is 132 cm³/mol. The molecule has 0 aliphatic carbocycles. The molecule has 2 unspecified atom stereocenters. The molecule has 0 spiro atoms. The topological polar surface area (TPSA) is 150 Å². The van der Waals surface area contributed by atoms with Crippen LogP contribution in [0.2, 0.25) is 0 Å². The third-order valence-corrected chi connectivity index (χ3v) is 5.94. The minimum absolute atomic E-state index is 0.0295. The normalized spacial score (nSPS) is 21.4. The second kappa shape index (κ2) is 11.9. The Morgan fingerprint density at radius 1 is 1.08 bits per heavy atom. The molecule has 0 aromatic heterocycles. The molecule has 3 N–H and O–H groups in total. The van der Waals surface area contributed by atoms with Crippen LogP contribution in [-0.2, 0) is 16.1 Å². The highest BCUT2D eigenvalue weighted by atomic mass is 16.6. The number of benzene rings is 2. The van der Waals surface area contributed by atoms with Gasteiger partial charge in [0.1, 0.15) is 12.2 Å². The second-order valence-electron chi connectivity index (χ2n) is 8.19. The molecule has 0 bridgehead atoms. The zero-order valence-corrected chi connectivity index (χ0v) is 19.4. The van der Waals surface area contributed by atoms with Gasteiger partial charge in [-0.2, -0.15) is 4.48 Å². The second-order valence-corrected chi connectivity index (χ2v) is 8.19. The molecule has 2 aromatic rings. The van der Waals surface area contributed by atoms with Crippen molar-refractivity contribution < 1.29 is 29.5 Å². The van der Waals surface area contributed by atoms with Gasteiger partial charge in [0.2, 0.25) is 0 Å². The minimum Gasteiger partial charge on any atom is -0.478 e. The lowest BCUT2D eigenvalue weighted by Gasteiger charge is -2.43. The molecule has 11 heteroatoms. The van der Waals surface area contributed by atoms with E-state index in [4.69, 9.17) is 10.2 Å². The molecule has 2 aliphatic heterocycles. The van der Waals surface area contributed by atoms with Crippen LogP contribution in [-0.4, -0.2) is 63.8 Å². The van der Waals surface area contributed by atoms with E-state index in [9.17, 15) is 24.5 Å². The highest BCUT2D eigenvalue weighted by molar-refractivity contribution is 5.90. The van der Waals surface area contributed by atoms with Crippen LogP contribution in [0.3, 0.4) is 0 Å². The molecule has 11 nitrogen and oxygen atoms in total. The molecule has 36 heavy (non-hydrogen) atoms. The van der Waals surface area contributed by atoms with Gasteiger partial charge >= 0.3 is 18.0 Å². The summed E-state index contributed by atoms with van der Waals surface area (Å²) in [6.07, 6.45) is 6.13. The van der Waals surface area contributed by atoms with Crippen molar-refractivity contribution >= 4 is 29.3 Å². The third kappa shape index (κ3) is 6.20. The maximum Gasteiger partial charge on any atom is 0.423 e. The van der Waals surface area contributed by atoms with Crippen molar-refractivity contribution in [1.29, 1.82) is 0 Å². The number of nitrogens with zero attached hydrogens (tertiary/aromatic N) is 3. The van der Waals surface area contributed by atoms with Crippen molar-refractivity contribution in [2.75, 3.05) is 19.6 Å². The van der Waals surface area contributed by atoms with Crippen LogP contribution in [0.1, 0.15) is 12.0 Å². The maximum atomic E-state index is 13.1. The average Bonchev–Trinajstić information content (AvgIpc) is 3.26. The van der Waals surface area contributed by atoms with Crippen molar-refractivity contribution in [2.45, 2.75) is 19.1 Å². The van der Waals surface area contributed by atoms with E-state index < -0.39 is 16.9 Å². The highest BCUT2D eigenvalue weighted by Crippen LogP contribution is 2.35. The van der Waals surface area contributed by atoms with Crippen LogP contribution in [0.5, 0.6) is 0 Å². The van der Waals surface area contributed by atoms with E-state index in [2.05, 4.69) is 34.5 Å². The lowest BCUT2D eigenvalue weighted by Crippen LogP contribution is -2.65. The fourth-order valence-electron chi connectivity index (χ4n) is 4.34. The summed E-state index contributed by atoms with van der Waals surface area (Å²) >= 11 is 0. The number of carbonyl (C=O) groups excluding carboxylic acids is 1. The van der Waals surface area contributed by atoms with E-state index >= 15 is 0 Å². The van der Waals surface area contributed by atoms with Crippen molar-refractivity contribution in [3.8, 4) is 0 Å². The summed E-state index contributed by atoms with van der Waals surface area (Å²) < 4.78 is 0.112. The molecule has 188 valence electrons. The Balaban J connectivity index is 0.000000392. The first-order valence-electron chi connectivity index (χ1n) is 11.2. The summed E-state index contributed by atoms with van der Waals surface area (Å²) in [5.74, 6) is -2.51. The molecular weight excluding hydrogens is 468 g/mol. The van der Waals surface area contributed by atoms with Gasteiger partial charge in [0.15, 0.2) is 6.17 Å². The van der Waals surface area contributed by atoms with Gasteiger partial charge in [0.05, 0.1) is 11.5 Å². The number of hydrogen-bond acceptors (Lipinski definition) is 6. The summed E-state index contributed by atoms with van der Waals surface area (Å²) in [5, 5.41) is 29.6. The Morgan fingerprint density at radius 2 is 1.72 bits per heavy atom. The van der Waals surface area contributed by atoms with Crippen molar-refractivity contribution in [3.63, 3.8) is 0 Å². The number of carboxylic acid groups (broad SMARTS) is 2. The van der Waals surface area contributed by atoms with Crippen molar-refractivity contribution in [3.05, 3.63) is 94.6 Å². The average molecular weight is 496 g/mol. The molecule has 4 rings (SSSR count). The molecule has 2 aromatic carbocycles. The van der Waals surface area contributed by atoms with Gasteiger partial charge in [-0.1, -0.05) is 36.4 Å². The van der Waals surface area contributed by atoms with Gasteiger partial charge in [-0.05, 0) is 18.1 Å². The number of carboxylic acids is 2. The first kappa shape index (κ1) is 26.3. The number of nitrogens with one attached hydrogen (secondary N) is 1. The minimum atomic E-state index is -1.26. The number of hydrogen-bond donors (Lipinski definition) is 3. The SMILES string of the molecule is O=C(O)/C=C\C(=O)O.O=C1NCC[N+]1(c1ccc([N+](=O)[O-])cc1)C1C=CCCN1Cc1ccccc1. The molecular formula is C25H27N4O7+. The summed E-state index contributed by atoms with van der Waals surface area (Å²) in [6, 6.07) is 16.5. The molecule has 2 aliphatic rings. The maximum absolute atomic E-state index is 13.1. The molecule has 2 amide bonds. The largest absolute Gasteiger partial charge is 0.478 e. The Bertz CT molecular complexity index is 1150. The summed E-state index contributed by atoms with van der Waals surface area (Å²) in [7, 11) is 0. The zero-order valence-electron chi connectivity index (χ0n) is 19.4. The smallest absolute Gasteiger partial charge is 0.423 e. The number of carbonyl (C=O) groups is 3. The van der Waals surface area contributed by atoms with Crippen molar-refractivity contribution in [2.24, 2.45) is 0 Å². The molecule has 0 radical (unpaired) electrons. The van der Waals surface area contributed by atoms with E-state index in [0.29, 0.717) is 25.2 Å². The number of urea groups is 1. The number of aliphatic carboxylic acids is 2. The summed E-state index contributed by atoms with van der Waals surface area (Å²) in [4.78, 5) is 45.1. The molecule has 1 saturated heterocycles. The third-order valence-electron chi connectivity index (χ3n) is 5.94. The summed E-state index contributed by atoms with van der Waals surface area (Å²) in [5.41, 5.74) is 2.00. The number of rotatable bonds is 7. The highest BCUT2D eigenvalue weighted by Gasteiger charge is 2.52. The van der Waals surface area contributed by atoms with Crippen LogP contribution in [0.15, 0.2) is 78.9 Å². The van der Waals surface area contributed by atoms with Crippen LogP contribution >= 0.6 is 0 Å². The number of nitro groups is 1. The Labute approximate surface area is 207 Å². The molecule has 1 fully saturated rings. The number of quaternary nitrogens is 1. The number of nitro benzene ring substituents is 1. The number of non-ortho nitro benzene ring substituents is 1. The Kier molecular flexibility index (Phi) is 8.66. The van der Waals surface area contributed by atoms with Crippen LogP contribution < -0.4 is 9.80 Å². The van der Waals surface area contributed by atoms with Gasteiger partial charge in [-0.25, -0.2) is 19.3 Å². The lowest BCUT2D eigenvalue weighted by atomic mass is 10.1. The monoisotopic (exact) mass is 495 g/mol. The van der Waals surface area contributed by atoms with E-state index in [1.165, 1.54) is 17.7 Å². The fourth-order valence-corrected chi connectivity index (χ4v) is 4.34. The predicted octanol–water partition coefficient (Wildman–Crippen LogP) is 3.13. The standard InChI is InChI=1S/C21H22N4O3.C4H4O4/c26-21-22-13-15-25(21,19-11-9-18(10-12-19)24(27)28)20-8-4-5-14-23(20)16-17-6-2-1-3-7-17;5-3(6)1-2-4(7)8/h1-4,6-12,20H,5,13-16H2;1-2H,(H,5,6)(H,7,8)/p+1/b;2-1-. The van der Waals surface area contributed by atoms with E-state index in [1.54, 1.807) is 12.1 Å². The van der Waals surface area contributed by atoms with E-state index in [0.717, 1.165) is 25.2 Å². The van der Waals surface area contributed by atoms with Gasteiger partial charge in [0.25, 0.3) is 5.69 Å². The molecule has 2 atom stereocenters. The van der Waals surface area contributed by atoms with Gasteiger partial charge in [0, 0.05) is 49.5 Å². The van der Waals surface area contributed by atoms with E-state index in [-0.39, 0.29) is 22.4 Å². The van der Waals surface area contributed by atoms with Gasteiger partial charge < -0.3 is 10.2 Å². The van der Waals surface area contributed by atoms with E-state index in [1.807, 2.05) is 18.2 Å². The lowest BCUT2D eigenvalue weighted by molar-refractivity contribution is -0.384. The van der Waals surface area contributed by atoms with Crippen LogP contribution in [0.4, 0.5) is 16.2 Å². The van der Waals surface area contributed by atoms with Crippen LogP contribution in [0.25, 0.3) is 0 Å². The Morgan fingerprint density at radius 3 is 2.25 bits per heavy atom. The Hall–Kier alpha value is -4.35. The van der Waals surface area contributed by atoms with Gasteiger partial charge in [-0.15, -0.1) is 0 Å². The zero-order chi connectivity index (χ0) is 26.1. The molecule has 2 heterocycles. The number of amides is 2. The molecule has 0 saturated carbocycles. The van der Waals surface area contributed by atoms with Gasteiger partial charge in [-0.3, -0.25) is 15.4 Å². The first-order chi connectivity index (χ1) is 17.2. The first-order valence-corrected chi connectivity index (χ1v) is 11.2.